The molecule has 0 atom stereocenters. The zero-order valence-corrected chi connectivity index (χ0v) is 20.6. The predicted molar refractivity (Wildman–Crippen MR) is 134 cm³/mol. The van der Waals surface area contributed by atoms with Crippen LogP contribution in [0.1, 0.15) is 45.7 Å². The molecule has 0 aromatic heterocycles. The number of carbonyl (C=O) groups is 2. The molecular formula is C24H20Br2N4O2. The fourth-order valence-corrected chi connectivity index (χ4v) is 3.53. The molecule has 3 rings (SSSR count). The summed E-state index contributed by atoms with van der Waals surface area (Å²) in [6, 6.07) is 21.5. The average Bonchev–Trinajstić information content (AvgIpc) is 2.80. The number of rotatable bonds is 6. The maximum atomic E-state index is 12.4. The summed E-state index contributed by atoms with van der Waals surface area (Å²) in [7, 11) is 0. The Morgan fingerprint density at radius 3 is 1.34 bits per heavy atom. The monoisotopic (exact) mass is 554 g/mol. The second kappa shape index (κ2) is 11.0. The van der Waals surface area contributed by atoms with Crippen molar-refractivity contribution in [3.63, 3.8) is 0 Å². The highest BCUT2D eigenvalue weighted by Gasteiger charge is 2.09. The highest BCUT2D eigenvalue weighted by molar-refractivity contribution is 9.10. The number of hydrogen-bond donors (Lipinski definition) is 2. The molecule has 2 N–H and O–H groups in total. The van der Waals surface area contributed by atoms with Crippen LogP contribution in [0.2, 0.25) is 0 Å². The van der Waals surface area contributed by atoms with Gasteiger partial charge in [-0.1, -0.05) is 56.1 Å². The van der Waals surface area contributed by atoms with Crippen molar-refractivity contribution in [2.24, 2.45) is 10.2 Å². The van der Waals surface area contributed by atoms with Gasteiger partial charge in [0.2, 0.25) is 0 Å². The van der Waals surface area contributed by atoms with Crippen LogP contribution < -0.4 is 10.9 Å². The Balaban J connectivity index is 1.61. The summed E-state index contributed by atoms with van der Waals surface area (Å²) in [6.45, 7) is 3.62. The Bertz CT molecular complexity index is 1110. The lowest BCUT2D eigenvalue weighted by Crippen LogP contribution is -2.21. The summed E-state index contributed by atoms with van der Waals surface area (Å²) in [5, 5.41) is 8.30. The second-order valence-corrected chi connectivity index (χ2v) is 8.71. The number of benzene rings is 3. The van der Waals surface area contributed by atoms with Crippen molar-refractivity contribution in [2.75, 3.05) is 0 Å². The zero-order chi connectivity index (χ0) is 23.1. The van der Waals surface area contributed by atoms with Crippen LogP contribution in [0, 0.1) is 0 Å². The van der Waals surface area contributed by atoms with Crippen LogP contribution >= 0.6 is 31.9 Å². The molecule has 0 unspecified atom stereocenters. The predicted octanol–water partition coefficient (Wildman–Crippen LogP) is 5.52. The topological polar surface area (TPSA) is 82.9 Å². The summed E-state index contributed by atoms with van der Waals surface area (Å²) >= 11 is 6.83. The smallest absolute Gasteiger partial charge is 0.267 e. The van der Waals surface area contributed by atoms with E-state index in [-0.39, 0.29) is 11.8 Å². The second-order valence-electron chi connectivity index (χ2n) is 6.87. The molecule has 0 saturated heterocycles. The van der Waals surface area contributed by atoms with E-state index in [9.17, 15) is 9.59 Å². The van der Waals surface area contributed by atoms with Crippen LogP contribution in [0.15, 0.2) is 91.9 Å². The molecule has 2 amide bonds. The van der Waals surface area contributed by atoms with Crippen molar-refractivity contribution in [2.45, 2.75) is 13.8 Å². The average molecular weight is 556 g/mol. The van der Waals surface area contributed by atoms with Crippen molar-refractivity contribution in [3.8, 4) is 0 Å². The minimum Gasteiger partial charge on any atom is -0.267 e. The first-order valence-corrected chi connectivity index (χ1v) is 11.2. The third kappa shape index (κ3) is 6.45. The normalized spacial score (nSPS) is 11.8. The standard InChI is InChI=1S/C24H20Br2N4O2/c1-15(19-5-3-7-21(25)13-19)27-29-23(31)17-9-11-18(12-10-17)24(32)30-28-16(2)20-6-4-8-22(26)14-20/h3-14H,1-2H3,(H,29,31)(H,30,32). The molecule has 0 bridgehead atoms. The van der Waals surface area contributed by atoms with E-state index in [0.717, 1.165) is 20.1 Å². The molecule has 0 aliphatic heterocycles. The molecule has 6 nitrogen and oxygen atoms in total. The van der Waals surface area contributed by atoms with Gasteiger partial charge in [0.25, 0.3) is 11.8 Å². The van der Waals surface area contributed by atoms with Gasteiger partial charge in [0, 0.05) is 20.1 Å². The fraction of sp³-hybridized carbons (Fsp3) is 0.0833. The van der Waals surface area contributed by atoms with Gasteiger partial charge in [-0.25, -0.2) is 10.9 Å². The van der Waals surface area contributed by atoms with Crippen LogP contribution in [0.25, 0.3) is 0 Å². The molecule has 0 radical (unpaired) electrons. The number of halogens is 2. The SMILES string of the molecule is CC(=NNC(=O)c1ccc(C(=O)NN=C(C)c2cccc(Br)c2)cc1)c1cccc(Br)c1. The first kappa shape index (κ1) is 23.6. The van der Waals surface area contributed by atoms with Gasteiger partial charge >= 0.3 is 0 Å². The molecule has 3 aromatic rings. The number of amides is 2. The number of carbonyl (C=O) groups excluding carboxylic acids is 2. The summed E-state index contributed by atoms with van der Waals surface area (Å²) < 4.78 is 1.86. The number of nitrogens with one attached hydrogen (secondary N) is 2. The van der Waals surface area contributed by atoms with Gasteiger partial charge in [0.15, 0.2) is 0 Å². The Morgan fingerprint density at radius 1 is 0.625 bits per heavy atom. The van der Waals surface area contributed by atoms with Crippen molar-refractivity contribution >= 4 is 55.1 Å². The summed E-state index contributed by atoms with van der Waals surface area (Å²) in [4.78, 5) is 24.7. The van der Waals surface area contributed by atoms with Gasteiger partial charge in [0.1, 0.15) is 0 Å². The minimum absolute atomic E-state index is 0.366. The van der Waals surface area contributed by atoms with E-state index >= 15 is 0 Å². The first-order valence-electron chi connectivity index (χ1n) is 9.64. The van der Waals surface area contributed by atoms with Crippen LogP contribution in [0.5, 0.6) is 0 Å². The summed E-state index contributed by atoms with van der Waals surface area (Å²) in [6.07, 6.45) is 0. The lowest BCUT2D eigenvalue weighted by Gasteiger charge is -2.06. The van der Waals surface area contributed by atoms with Crippen molar-refractivity contribution in [3.05, 3.63) is 104 Å². The van der Waals surface area contributed by atoms with E-state index in [2.05, 4.69) is 52.9 Å². The van der Waals surface area contributed by atoms with Crippen LogP contribution in [-0.2, 0) is 0 Å². The highest BCUT2D eigenvalue weighted by Crippen LogP contribution is 2.13. The fourth-order valence-electron chi connectivity index (χ4n) is 2.73. The van der Waals surface area contributed by atoms with Gasteiger partial charge in [-0.2, -0.15) is 10.2 Å². The summed E-state index contributed by atoms with van der Waals surface area (Å²) in [5.41, 5.74) is 8.99. The number of nitrogens with zero attached hydrogens (tertiary/aromatic N) is 2. The number of hydrogen-bond acceptors (Lipinski definition) is 4. The molecular weight excluding hydrogens is 536 g/mol. The van der Waals surface area contributed by atoms with Gasteiger partial charge < -0.3 is 0 Å². The van der Waals surface area contributed by atoms with Crippen LogP contribution in [0.4, 0.5) is 0 Å². The molecule has 0 aliphatic carbocycles. The van der Waals surface area contributed by atoms with Crippen molar-refractivity contribution in [1.82, 2.24) is 10.9 Å². The van der Waals surface area contributed by atoms with Gasteiger partial charge in [0.05, 0.1) is 11.4 Å². The third-order valence-corrected chi connectivity index (χ3v) is 5.53. The van der Waals surface area contributed by atoms with Crippen LogP contribution in [0.3, 0.4) is 0 Å². The Hall–Kier alpha value is -3.10. The zero-order valence-electron chi connectivity index (χ0n) is 17.4. The first-order chi connectivity index (χ1) is 15.3. The van der Waals surface area contributed by atoms with E-state index in [4.69, 9.17) is 0 Å². The van der Waals surface area contributed by atoms with Crippen molar-refractivity contribution < 1.29 is 9.59 Å². The largest absolute Gasteiger partial charge is 0.271 e. The maximum absolute atomic E-state index is 12.4. The molecule has 0 spiro atoms. The molecule has 32 heavy (non-hydrogen) atoms. The van der Waals surface area contributed by atoms with E-state index in [0.29, 0.717) is 22.6 Å². The van der Waals surface area contributed by atoms with Crippen LogP contribution in [-0.4, -0.2) is 23.2 Å². The quantitative estimate of drug-likeness (QED) is 0.310. The Labute approximate surface area is 203 Å². The molecule has 0 saturated carbocycles. The maximum Gasteiger partial charge on any atom is 0.271 e. The summed E-state index contributed by atoms with van der Waals surface area (Å²) in [5.74, 6) is -0.732. The van der Waals surface area contributed by atoms with E-state index in [1.165, 1.54) is 0 Å². The molecule has 3 aromatic carbocycles. The Morgan fingerprint density at radius 2 is 1.00 bits per heavy atom. The Kier molecular flexibility index (Phi) is 8.08. The number of hydrazone groups is 2. The molecule has 8 heteroatoms. The van der Waals surface area contributed by atoms with Gasteiger partial charge in [-0.15, -0.1) is 0 Å². The van der Waals surface area contributed by atoms with Gasteiger partial charge in [-0.05, 0) is 73.5 Å². The van der Waals surface area contributed by atoms with E-state index < -0.39 is 0 Å². The van der Waals surface area contributed by atoms with Crippen molar-refractivity contribution in [1.29, 1.82) is 0 Å². The molecule has 0 fully saturated rings. The molecule has 0 aliphatic rings. The van der Waals surface area contributed by atoms with E-state index in [1.807, 2.05) is 62.4 Å². The third-order valence-electron chi connectivity index (χ3n) is 4.54. The molecule has 162 valence electrons. The molecule has 0 heterocycles. The lowest BCUT2D eigenvalue weighted by molar-refractivity contribution is 0.0943. The van der Waals surface area contributed by atoms with E-state index in [1.54, 1.807) is 24.3 Å². The minimum atomic E-state index is -0.366. The van der Waals surface area contributed by atoms with Gasteiger partial charge in [-0.3, -0.25) is 9.59 Å². The highest BCUT2D eigenvalue weighted by atomic mass is 79.9. The lowest BCUT2D eigenvalue weighted by atomic mass is 10.1.